The molecule has 12 heteroatoms. The molecule has 2 amide bonds. The van der Waals surface area contributed by atoms with Crippen molar-refractivity contribution >= 4 is 34.7 Å². The number of nitrogens with one attached hydrogen (secondary N) is 3. The molecule has 0 radical (unpaired) electrons. The summed E-state index contributed by atoms with van der Waals surface area (Å²) in [4.78, 5) is 32.3. The van der Waals surface area contributed by atoms with Gasteiger partial charge < -0.3 is 30.7 Å². The third-order valence-corrected chi connectivity index (χ3v) is 9.07. The van der Waals surface area contributed by atoms with Gasteiger partial charge in [-0.2, -0.15) is 5.10 Å². The average Bonchev–Trinajstić information content (AvgIpc) is 3.95. The SMILES string of the molecule is C=C(NCCN1CCCCC1)c1cc(OCC2CC2)cc(-c2cccc(-c3cc(NC(=O)Nc4c(O)cncc4Cl)c(=O)n(CC)n3)c2)c1. The van der Waals surface area contributed by atoms with E-state index in [-0.39, 0.29) is 28.7 Å². The van der Waals surface area contributed by atoms with E-state index in [2.05, 4.69) is 43.6 Å². The minimum absolute atomic E-state index is 0.0177. The highest BCUT2D eigenvalue weighted by atomic mass is 35.5. The lowest BCUT2D eigenvalue weighted by molar-refractivity contribution is 0.232. The fourth-order valence-corrected chi connectivity index (χ4v) is 6.03. The zero-order valence-electron chi connectivity index (χ0n) is 27.7. The van der Waals surface area contributed by atoms with Gasteiger partial charge in [0.2, 0.25) is 0 Å². The number of ether oxygens (including phenoxy) is 1. The number of hydrogen-bond acceptors (Lipinski definition) is 8. The van der Waals surface area contributed by atoms with Crippen LogP contribution in [0.15, 0.2) is 72.3 Å². The molecule has 0 atom stereocenters. The predicted octanol–water partition coefficient (Wildman–Crippen LogP) is 6.83. The summed E-state index contributed by atoms with van der Waals surface area (Å²) in [6, 6.07) is 14.8. The molecular formula is C37H42ClN7O4. The molecule has 1 saturated heterocycles. The number of pyridine rings is 1. The average molecular weight is 684 g/mol. The van der Waals surface area contributed by atoms with Crippen LogP contribution in [0.3, 0.4) is 0 Å². The Balaban J connectivity index is 1.25. The quantitative estimate of drug-likeness (QED) is 0.121. The van der Waals surface area contributed by atoms with E-state index in [1.54, 1.807) is 6.92 Å². The first kappa shape index (κ1) is 34.0. The fourth-order valence-electron chi connectivity index (χ4n) is 5.83. The molecule has 256 valence electrons. The van der Waals surface area contributed by atoms with Crippen LogP contribution in [0, 0.1) is 5.92 Å². The Labute approximate surface area is 291 Å². The van der Waals surface area contributed by atoms with Gasteiger partial charge in [0.15, 0.2) is 5.75 Å². The second kappa shape index (κ2) is 15.6. The van der Waals surface area contributed by atoms with E-state index in [4.69, 9.17) is 16.3 Å². The highest BCUT2D eigenvalue weighted by Gasteiger charge is 2.22. The molecule has 4 N–H and O–H groups in total. The Bertz CT molecular complexity index is 1870. The van der Waals surface area contributed by atoms with E-state index in [0.29, 0.717) is 18.2 Å². The number of aromatic hydroxyl groups is 1. The summed E-state index contributed by atoms with van der Waals surface area (Å²) in [6.07, 6.45) is 8.69. The topological polar surface area (TPSA) is 134 Å². The van der Waals surface area contributed by atoms with E-state index < -0.39 is 11.6 Å². The molecule has 1 saturated carbocycles. The van der Waals surface area contributed by atoms with Gasteiger partial charge in [0.1, 0.15) is 17.1 Å². The van der Waals surface area contributed by atoms with Crippen LogP contribution in [-0.4, -0.2) is 63.6 Å². The van der Waals surface area contributed by atoms with Crippen molar-refractivity contribution in [2.75, 3.05) is 43.4 Å². The maximum absolute atomic E-state index is 13.2. The Morgan fingerprint density at radius 1 is 1.04 bits per heavy atom. The van der Waals surface area contributed by atoms with Crippen LogP contribution in [0.4, 0.5) is 16.2 Å². The standard InChI is InChI=1S/C37H42ClN7O4/c1-3-45-36(47)33(41-37(48)42-35-31(38)21-39-22-34(35)46)20-32(43-45)27-9-7-8-26(16-27)29-17-28(18-30(19-29)49-23-25-10-11-25)24(2)40-12-15-44-13-5-4-6-14-44/h7-9,16-22,25,40,46H,2-6,10-15,23H2,1H3,(H2,39,41,42,48). The van der Waals surface area contributed by atoms with Gasteiger partial charge in [0, 0.05) is 42.7 Å². The second-order valence-electron chi connectivity index (χ2n) is 12.5. The summed E-state index contributed by atoms with van der Waals surface area (Å²) < 4.78 is 7.54. The van der Waals surface area contributed by atoms with E-state index in [1.165, 1.54) is 49.0 Å². The first-order chi connectivity index (χ1) is 23.8. The van der Waals surface area contributed by atoms with Crippen molar-refractivity contribution in [1.82, 2.24) is 25.0 Å². The highest BCUT2D eigenvalue weighted by Crippen LogP contribution is 2.34. The molecule has 2 fully saturated rings. The number of benzene rings is 2. The minimum Gasteiger partial charge on any atom is -0.504 e. The Kier molecular flexibility index (Phi) is 10.8. The number of urea groups is 1. The number of halogens is 1. The van der Waals surface area contributed by atoms with Crippen molar-refractivity contribution in [1.29, 1.82) is 0 Å². The Morgan fingerprint density at radius 2 is 1.84 bits per heavy atom. The van der Waals surface area contributed by atoms with Gasteiger partial charge in [0.25, 0.3) is 5.56 Å². The van der Waals surface area contributed by atoms with Crippen LogP contribution >= 0.6 is 11.6 Å². The molecule has 3 heterocycles. The number of aromatic nitrogens is 3. The number of rotatable bonds is 13. The van der Waals surface area contributed by atoms with Crippen molar-refractivity contribution < 1.29 is 14.6 Å². The van der Waals surface area contributed by atoms with Crippen LogP contribution < -0.4 is 26.2 Å². The van der Waals surface area contributed by atoms with Gasteiger partial charge in [0.05, 0.1) is 23.5 Å². The molecule has 0 spiro atoms. The van der Waals surface area contributed by atoms with Crippen molar-refractivity contribution in [3.8, 4) is 33.9 Å². The monoisotopic (exact) mass is 683 g/mol. The second-order valence-corrected chi connectivity index (χ2v) is 13.0. The van der Waals surface area contributed by atoms with Gasteiger partial charge in [-0.3, -0.25) is 9.78 Å². The van der Waals surface area contributed by atoms with E-state index in [9.17, 15) is 14.7 Å². The molecule has 1 aliphatic carbocycles. The number of carbonyl (C=O) groups excluding carboxylic acids is 1. The Hall–Kier alpha value is -4.87. The lowest BCUT2D eigenvalue weighted by Crippen LogP contribution is -2.35. The summed E-state index contributed by atoms with van der Waals surface area (Å²) in [5.41, 5.74) is 4.47. The molecule has 0 bridgehead atoms. The molecule has 1 aliphatic heterocycles. The normalized spacial score (nSPS) is 14.7. The van der Waals surface area contributed by atoms with Gasteiger partial charge in [-0.15, -0.1) is 0 Å². The van der Waals surface area contributed by atoms with E-state index in [1.807, 2.05) is 36.4 Å². The molecule has 2 aliphatic rings. The summed E-state index contributed by atoms with van der Waals surface area (Å²) in [5.74, 6) is 1.10. The van der Waals surface area contributed by atoms with Crippen LogP contribution in [0.25, 0.3) is 28.1 Å². The first-order valence-electron chi connectivity index (χ1n) is 16.8. The number of hydrogen-bond donors (Lipinski definition) is 4. The number of carbonyl (C=O) groups is 1. The molecule has 2 aromatic heterocycles. The van der Waals surface area contributed by atoms with Crippen molar-refractivity contribution in [2.45, 2.75) is 45.6 Å². The van der Waals surface area contributed by atoms with Crippen molar-refractivity contribution in [3.05, 3.63) is 88.4 Å². The Morgan fingerprint density at radius 3 is 2.59 bits per heavy atom. The highest BCUT2D eigenvalue weighted by molar-refractivity contribution is 6.34. The fraction of sp³-hybridized carbons (Fsp3) is 0.351. The first-order valence-corrected chi connectivity index (χ1v) is 17.2. The number of nitrogens with zero attached hydrogens (tertiary/aromatic N) is 4. The van der Waals surface area contributed by atoms with Gasteiger partial charge in [-0.25, -0.2) is 9.48 Å². The molecule has 0 unspecified atom stereocenters. The molecule has 4 aromatic rings. The van der Waals surface area contributed by atoms with Crippen LogP contribution in [0.2, 0.25) is 5.02 Å². The van der Waals surface area contributed by atoms with Gasteiger partial charge in [-0.05, 0) is 93.1 Å². The van der Waals surface area contributed by atoms with Crippen molar-refractivity contribution in [2.24, 2.45) is 5.92 Å². The number of aryl methyl sites for hydroxylation is 1. The summed E-state index contributed by atoms with van der Waals surface area (Å²) in [6.45, 7) is 11.2. The third-order valence-electron chi connectivity index (χ3n) is 8.78. The van der Waals surface area contributed by atoms with Crippen LogP contribution in [0.1, 0.15) is 44.6 Å². The van der Waals surface area contributed by atoms with Crippen LogP contribution in [0.5, 0.6) is 11.5 Å². The van der Waals surface area contributed by atoms with E-state index >= 15 is 0 Å². The maximum atomic E-state index is 13.2. The predicted molar refractivity (Wildman–Crippen MR) is 194 cm³/mol. The van der Waals surface area contributed by atoms with Crippen molar-refractivity contribution in [3.63, 3.8) is 0 Å². The molecule has 2 aromatic carbocycles. The smallest absolute Gasteiger partial charge is 0.323 e. The molecule has 11 nitrogen and oxygen atoms in total. The maximum Gasteiger partial charge on any atom is 0.323 e. The number of piperidine rings is 1. The summed E-state index contributed by atoms with van der Waals surface area (Å²) in [7, 11) is 0. The molecular weight excluding hydrogens is 642 g/mol. The molecule has 6 rings (SSSR count). The third kappa shape index (κ3) is 8.79. The van der Waals surface area contributed by atoms with Crippen LogP contribution in [-0.2, 0) is 6.54 Å². The minimum atomic E-state index is -0.755. The van der Waals surface area contributed by atoms with Gasteiger partial charge in [-0.1, -0.05) is 42.8 Å². The lowest BCUT2D eigenvalue weighted by atomic mass is 9.98. The largest absolute Gasteiger partial charge is 0.504 e. The van der Waals surface area contributed by atoms with E-state index in [0.717, 1.165) is 66.1 Å². The summed E-state index contributed by atoms with van der Waals surface area (Å²) in [5, 5.41) is 23.3. The number of amides is 2. The number of likely N-dealkylation sites (tertiary alicyclic amines) is 1. The number of anilines is 2. The van der Waals surface area contributed by atoms with Gasteiger partial charge >= 0.3 is 6.03 Å². The molecule has 49 heavy (non-hydrogen) atoms. The zero-order valence-corrected chi connectivity index (χ0v) is 28.4. The lowest BCUT2D eigenvalue weighted by Gasteiger charge is -2.26. The summed E-state index contributed by atoms with van der Waals surface area (Å²) >= 11 is 6.09. The zero-order chi connectivity index (χ0) is 34.3.